The lowest BCUT2D eigenvalue weighted by molar-refractivity contribution is 0.0925. The van der Waals surface area contributed by atoms with Crippen molar-refractivity contribution in [2.24, 2.45) is 0 Å². The van der Waals surface area contributed by atoms with Crippen molar-refractivity contribution in [1.29, 1.82) is 0 Å². The van der Waals surface area contributed by atoms with Gasteiger partial charge in [-0.2, -0.15) is 0 Å². The minimum atomic E-state index is 0.453. The van der Waals surface area contributed by atoms with Gasteiger partial charge < -0.3 is 15.0 Å². The van der Waals surface area contributed by atoms with Gasteiger partial charge in [-0.1, -0.05) is 20.8 Å². The van der Waals surface area contributed by atoms with Crippen molar-refractivity contribution >= 4 is 5.82 Å². The van der Waals surface area contributed by atoms with E-state index in [9.17, 15) is 0 Å². The third kappa shape index (κ3) is 3.91. The van der Waals surface area contributed by atoms with Gasteiger partial charge in [-0.15, -0.1) is 0 Å². The van der Waals surface area contributed by atoms with Gasteiger partial charge in [-0.25, -0.2) is 4.98 Å². The highest BCUT2D eigenvalue weighted by Gasteiger charge is 2.22. The summed E-state index contributed by atoms with van der Waals surface area (Å²) in [6.45, 7) is 9.98. The topological polar surface area (TPSA) is 37.4 Å². The molecule has 4 nitrogen and oxygen atoms in total. The van der Waals surface area contributed by atoms with Crippen LogP contribution in [0.15, 0.2) is 18.3 Å². The highest BCUT2D eigenvalue weighted by molar-refractivity contribution is 5.42. The Morgan fingerprint density at radius 3 is 3.11 bits per heavy atom. The van der Waals surface area contributed by atoms with Crippen molar-refractivity contribution < 1.29 is 4.74 Å². The predicted molar refractivity (Wildman–Crippen MR) is 78.5 cm³/mol. The van der Waals surface area contributed by atoms with Gasteiger partial charge in [-0.05, 0) is 24.1 Å². The van der Waals surface area contributed by atoms with E-state index in [0.717, 1.165) is 38.5 Å². The molecule has 0 aliphatic carbocycles. The van der Waals surface area contributed by atoms with E-state index < -0.39 is 0 Å². The highest BCUT2D eigenvalue weighted by atomic mass is 16.5. The number of hydrogen-bond acceptors (Lipinski definition) is 4. The Bertz CT molecular complexity index is 395. The smallest absolute Gasteiger partial charge is 0.129 e. The lowest BCUT2D eigenvalue weighted by Gasteiger charge is -2.36. The molecule has 0 radical (unpaired) electrons. The molecular formula is C15H25N3O. The van der Waals surface area contributed by atoms with Crippen LogP contribution < -0.4 is 10.2 Å². The van der Waals surface area contributed by atoms with Gasteiger partial charge in [0, 0.05) is 25.3 Å². The van der Waals surface area contributed by atoms with Crippen LogP contribution in [0.2, 0.25) is 0 Å². The molecule has 1 aromatic heterocycles. The number of aromatic nitrogens is 1. The first-order valence-electron chi connectivity index (χ1n) is 7.23. The zero-order valence-electron chi connectivity index (χ0n) is 12.2. The summed E-state index contributed by atoms with van der Waals surface area (Å²) in [5.41, 5.74) is 1.29. The summed E-state index contributed by atoms with van der Waals surface area (Å²) in [4.78, 5) is 6.91. The van der Waals surface area contributed by atoms with Crippen LogP contribution in [0.3, 0.4) is 0 Å². The highest BCUT2D eigenvalue weighted by Crippen LogP contribution is 2.20. The molecule has 2 rings (SSSR count). The standard InChI is InChI=1S/C15H25N3O/c1-4-14-11-19-8-7-18(14)15-9-13(5-6-16-15)10-17-12(2)3/h5-6,9,12,14,17H,4,7-8,10-11H2,1-3H3. The van der Waals surface area contributed by atoms with Crippen molar-refractivity contribution in [3.05, 3.63) is 23.9 Å². The Morgan fingerprint density at radius 1 is 1.53 bits per heavy atom. The summed E-state index contributed by atoms with van der Waals surface area (Å²) in [6.07, 6.45) is 3.00. The molecule has 0 aromatic carbocycles. The van der Waals surface area contributed by atoms with Gasteiger partial charge in [-0.3, -0.25) is 0 Å². The van der Waals surface area contributed by atoms with Gasteiger partial charge in [0.05, 0.1) is 19.3 Å². The van der Waals surface area contributed by atoms with E-state index in [2.05, 4.69) is 48.1 Å². The van der Waals surface area contributed by atoms with Gasteiger partial charge in [0.2, 0.25) is 0 Å². The van der Waals surface area contributed by atoms with E-state index in [1.165, 1.54) is 5.56 Å². The largest absolute Gasteiger partial charge is 0.377 e. The van der Waals surface area contributed by atoms with E-state index >= 15 is 0 Å². The Hall–Kier alpha value is -1.13. The van der Waals surface area contributed by atoms with Crippen molar-refractivity contribution in [2.75, 3.05) is 24.7 Å². The molecule has 1 N–H and O–H groups in total. The number of nitrogens with one attached hydrogen (secondary N) is 1. The molecule has 1 saturated heterocycles. The summed E-state index contributed by atoms with van der Waals surface area (Å²) >= 11 is 0. The zero-order valence-corrected chi connectivity index (χ0v) is 12.2. The molecular weight excluding hydrogens is 238 g/mol. The van der Waals surface area contributed by atoms with E-state index in [1.807, 2.05) is 6.20 Å². The second-order valence-corrected chi connectivity index (χ2v) is 5.39. The fourth-order valence-corrected chi connectivity index (χ4v) is 2.34. The van der Waals surface area contributed by atoms with E-state index in [1.54, 1.807) is 0 Å². The molecule has 2 heterocycles. The summed E-state index contributed by atoms with van der Waals surface area (Å²) in [5, 5.41) is 3.45. The van der Waals surface area contributed by atoms with E-state index in [-0.39, 0.29) is 0 Å². The average Bonchev–Trinajstić information content (AvgIpc) is 2.45. The lowest BCUT2D eigenvalue weighted by atomic mass is 10.1. The first-order valence-corrected chi connectivity index (χ1v) is 7.23. The molecule has 0 spiro atoms. The van der Waals surface area contributed by atoms with Crippen LogP contribution in [0.4, 0.5) is 5.82 Å². The minimum Gasteiger partial charge on any atom is -0.377 e. The van der Waals surface area contributed by atoms with E-state index in [4.69, 9.17) is 4.74 Å². The summed E-state index contributed by atoms with van der Waals surface area (Å²) in [7, 11) is 0. The van der Waals surface area contributed by atoms with Crippen molar-refractivity contribution in [1.82, 2.24) is 10.3 Å². The van der Waals surface area contributed by atoms with Crippen LogP contribution in [0, 0.1) is 0 Å². The molecule has 0 bridgehead atoms. The molecule has 1 aliphatic heterocycles. The number of ether oxygens (including phenoxy) is 1. The van der Waals surface area contributed by atoms with Gasteiger partial charge >= 0.3 is 0 Å². The van der Waals surface area contributed by atoms with E-state index in [0.29, 0.717) is 12.1 Å². The third-order valence-electron chi connectivity index (χ3n) is 3.52. The number of anilines is 1. The van der Waals surface area contributed by atoms with Crippen molar-refractivity contribution in [2.45, 2.75) is 45.8 Å². The first-order chi connectivity index (χ1) is 9.20. The van der Waals surface area contributed by atoms with Crippen LogP contribution in [0.25, 0.3) is 0 Å². The van der Waals surface area contributed by atoms with Crippen molar-refractivity contribution in [3.8, 4) is 0 Å². The van der Waals surface area contributed by atoms with Gasteiger partial charge in [0.15, 0.2) is 0 Å². The quantitative estimate of drug-likeness (QED) is 0.883. The molecule has 1 fully saturated rings. The monoisotopic (exact) mass is 263 g/mol. The fourth-order valence-electron chi connectivity index (χ4n) is 2.34. The molecule has 1 aromatic rings. The number of morpholine rings is 1. The Kier molecular flexibility index (Phi) is 5.16. The molecule has 0 amide bonds. The van der Waals surface area contributed by atoms with Crippen LogP contribution in [0.1, 0.15) is 32.8 Å². The first kappa shape index (κ1) is 14.3. The Labute approximate surface area is 116 Å². The maximum atomic E-state index is 5.55. The third-order valence-corrected chi connectivity index (χ3v) is 3.52. The predicted octanol–water partition coefficient (Wildman–Crippen LogP) is 2.19. The number of hydrogen-bond donors (Lipinski definition) is 1. The number of rotatable bonds is 5. The van der Waals surface area contributed by atoms with Crippen LogP contribution in [0.5, 0.6) is 0 Å². The second kappa shape index (κ2) is 6.87. The number of nitrogens with zero attached hydrogens (tertiary/aromatic N) is 2. The normalized spacial score (nSPS) is 20.0. The molecule has 4 heteroatoms. The molecule has 1 aliphatic rings. The van der Waals surface area contributed by atoms with Gasteiger partial charge in [0.25, 0.3) is 0 Å². The number of pyridine rings is 1. The average molecular weight is 263 g/mol. The SMILES string of the molecule is CCC1COCCN1c1cc(CNC(C)C)ccn1. The summed E-state index contributed by atoms with van der Waals surface area (Å²) < 4.78 is 5.55. The molecule has 1 unspecified atom stereocenters. The Morgan fingerprint density at radius 2 is 2.37 bits per heavy atom. The lowest BCUT2D eigenvalue weighted by Crippen LogP contribution is -2.45. The summed E-state index contributed by atoms with van der Waals surface area (Å²) in [6, 6.07) is 5.24. The van der Waals surface area contributed by atoms with Crippen LogP contribution in [-0.2, 0) is 11.3 Å². The summed E-state index contributed by atoms with van der Waals surface area (Å²) in [5.74, 6) is 1.08. The Balaban J connectivity index is 2.08. The van der Waals surface area contributed by atoms with Gasteiger partial charge in [0.1, 0.15) is 5.82 Å². The second-order valence-electron chi connectivity index (χ2n) is 5.39. The maximum Gasteiger partial charge on any atom is 0.129 e. The molecule has 19 heavy (non-hydrogen) atoms. The molecule has 106 valence electrons. The molecule has 1 atom stereocenters. The van der Waals surface area contributed by atoms with Crippen LogP contribution >= 0.6 is 0 Å². The van der Waals surface area contributed by atoms with Crippen molar-refractivity contribution in [3.63, 3.8) is 0 Å². The fraction of sp³-hybridized carbons (Fsp3) is 0.667. The molecule has 0 saturated carbocycles. The maximum absolute atomic E-state index is 5.55. The minimum absolute atomic E-state index is 0.453. The van der Waals surface area contributed by atoms with Crippen LogP contribution in [-0.4, -0.2) is 36.8 Å². The zero-order chi connectivity index (χ0) is 13.7.